The smallest absolute Gasteiger partial charge is 0.104 e. The molecule has 0 bridgehead atoms. The van der Waals surface area contributed by atoms with Gasteiger partial charge in [-0.3, -0.25) is 0 Å². The summed E-state index contributed by atoms with van der Waals surface area (Å²) in [5, 5.41) is 0. The minimum Gasteiger partial charge on any atom is -0.381 e. The van der Waals surface area contributed by atoms with Crippen LogP contribution in [0.4, 0.5) is 0 Å². The molecule has 1 saturated heterocycles. The average Bonchev–Trinajstić information content (AvgIpc) is 2.69. The highest BCUT2D eigenvalue weighted by atomic mass is 16.6. The molecule has 92 valence electrons. The van der Waals surface area contributed by atoms with E-state index < -0.39 is 0 Å². The molecule has 3 fully saturated rings. The Morgan fingerprint density at radius 3 is 2.38 bits per heavy atom. The van der Waals surface area contributed by atoms with Crippen molar-refractivity contribution in [3.63, 3.8) is 0 Å². The third kappa shape index (κ3) is 2.01. The second-order valence-corrected chi connectivity index (χ2v) is 5.66. The molecule has 3 unspecified atom stereocenters. The van der Waals surface area contributed by atoms with E-state index in [1.165, 1.54) is 19.3 Å². The lowest BCUT2D eigenvalue weighted by Gasteiger charge is -2.29. The Labute approximate surface area is 97.4 Å². The van der Waals surface area contributed by atoms with Gasteiger partial charge in [-0.2, -0.15) is 0 Å². The first-order chi connectivity index (χ1) is 7.78. The Bertz CT molecular complexity index is 240. The standard InChI is InChI=1S/C13H22O3/c1-8(16-10-6-15-7-10)3-11-12-4-9(14-2)5-13(11)12/h8-13H,3-7H2,1-2H3. The topological polar surface area (TPSA) is 27.7 Å². The van der Waals surface area contributed by atoms with Crippen LogP contribution in [0, 0.1) is 17.8 Å². The molecule has 1 heterocycles. The summed E-state index contributed by atoms with van der Waals surface area (Å²) < 4.78 is 16.4. The average molecular weight is 226 g/mol. The Morgan fingerprint density at radius 1 is 1.19 bits per heavy atom. The van der Waals surface area contributed by atoms with Crippen LogP contribution in [-0.4, -0.2) is 38.6 Å². The molecule has 0 aromatic carbocycles. The van der Waals surface area contributed by atoms with Gasteiger partial charge in [0.1, 0.15) is 6.10 Å². The number of rotatable bonds is 5. The zero-order chi connectivity index (χ0) is 11.1. The van der Waals surface area contributed by atoms with Gasteiger partial charge < -0.3 is 14.2 Å². The zero-order valence-electron chi connectivity index (χ0n) is 10.2. The maximum Gasteiger partial charge on any atom is 0.104 e. The van der Waals surface area contributed by atoms with Crippen molar-refractivity contribution >= 4 is 0 Å². The van der Waals surface area contributed by atoms with Gasteiger partial charge in [0.2, 0.25) is 0 Å². The van der Waals surface area contributed by atoms with Gasteiger partial charge in [-0.25, -0.2) is 0 Å². The fourth-order valence-electron chi connectivity index (χ4n) is 3.53. The minimum absolute atomic E-state index is 0.375. The van der Waals surface area contributed by atoms with E-state index >= 15 is 0 Å². The van der Waals surface area contributed by atoms with Gasteiger partial charge in [0.25, 0.3) is 0 Å². The van der Waals surface area contributed by atoms with E-state index in [0.717, 1.165) is 31.0 Å². The van der Waals surface area contributed by atoms with Crippen molar-refractivity contribution in [1.82, 2.24) is 0 Å². The summed E-state index contributed by atoms with van der Waals surface area (Å²) in [4.78, 5) is 0. The fraction of sp³-hybridized carbons (Fsp3) is 1.00. The van der Waals surface area contributed by atoms with Crippen LogP contribution in [-0.2, 0) is 14.2 Å². The molecule has 3 rings (SSSR count). The highest BCUT2D eigenvalue weighted by Crippen LogP contribution is 2.60. The molecule has 1 aliphatic heterocycles. The molecular weight excluding hydrogens is 204 g/mol. The van der Waals surface area contributed by atoms with Crippen LogP contribution in [0.3, 0.4) is 0 Å². The first kappa shape index (κ1) is 11.0. The molecule has 2 saturated carbocycles. The van der Waals surface area contributed by atoms with Crippen LogP contribution in [0.5, 0.6) is 0 Å². The summed E-state index contributed by atoms with van der Waals surface area (Å²) in [5.41, 5.74) is 0. The SMILES string of the molecule is COC1CC2C(CC(C)OC3COC3)C2C1. The van der Waals surface area contributed by atoms with E-state index in [9.17, 15) is 0 Å². The molecular formula is C13H22O3. The van der Waals surface area contributed by atoms with Crippen molar-refractivity contribution in [2.75, 3.05) is 20.3 Å². The van der Waals surface area contributed by atoms with E-state index in [1.807, 2.05) is 7.11 Å². The number of hydrogen-bond acceptors (Lipinski definition) is 3. The van der Waals surface area contributed by atoms with Gasteiger partial charge in [-0.15, -0.1) is 0 Å². The van der Waals surface area contributed by atoms with Gasteiger partial charge in [0.15, 0.2) is 0 Å². The molecule has 0 radical (unpaired) electrons. The van der Waals surface area contributed by atoms with Crippen molar-refractivity contribution in [2.45, 2.75) is 44.5 Å². The minimum atomic E-state index is 0.375. The Morgan fingerprint density at radius 2 is 1.88 bits per heavy atom. The second kappa shape index (κ2) is 4.28. The van der Waals surface area contributed by atoms with Gasteiger partial charge >= 0.3 is 0 Å². The summed E-state index contributed by atoms with van der Waals surface area (Å²) >= 11 is 0. The predicted octanol–water partition coefficient (Wildman–Crippen LogP) is 1.85. The molecule has 3 heteroatoms. The third-order valence-corrected chi connectivity index (χ3v) is 4.55. The van der Waals surface area contributed by atoms with Gasteiger partial charge in [0.05, 0.1) is 25.4 Å². The quantitative estimate of drug-likeness (QED) is 0.716. The summed E-state index contributed by atoms with van der Waals surface area (Å²) in [7, 11) is 1.84. The molecule has 3 nitrogen and oxygen atoms in total. The molecule has 2 aliphatic carbocycles. The Balaban J connectivity index is 1.38. The molecule has 0 amide bonds. The first-order valence-electron chi connectivity index (χ1n) is 6.54. The van der Waals surface area contributed by atoms with Crippen LogP contribution in [0.25, 0.3) is 0 Å². The molecule has 3 atom stereocenters. The summed E-state index contributed by atoms with van der Waals surface area (Å²) in [6.07, 6.45) is 5.13. The number of hydrogen-bond donors (Lipinski definition) is 0. The molecule has 3 aliphatic rings. The zero-order valence-corrected chi connectivity index (χ0v) is 10.2. The van der Waals surface area contributed by atoms with Crippen molar-refractivity contribution in [3.05, 3.63) is 0 Å². The maximum absolute atomic E-state index is 5.90. The first-order valence-corrected chi connectivity index (χ1v) is 6.54. The predicted molar refractivity (Wildman–Crippen MR) is 60.3 cm³/mol. The van der Waals surface area contributed by atoms with Crippen molar-refractivity contribution in [3.8, 4) is 0 Å². The van der Waals surface area contributed by atoms with Gasteiger partial charge in [-0.1, -0.05) is 0 Å². The van der Waals surface area contributed by atoms with E-state index in [-0.39, 0.29) is 0 Å². The maximum atomic E-state index is 5.90. The van der Waals surface area contributed by atoms with E-state index in [2.05, 4.69) is 6.92 Å². The van der Waals surface area contributed by atoms with E-state index in [1.54, 1.807) is 0 Å². The van der Waals surface area contributed by atoms with Crippen LogP contribution >= 0.6 is 0 Å². The monoisotopic (exact) mass is 226 g/mol. The van der Waals surface area contributed by atoms with Crippen LogP contribution < -0.4 is 0 Å². The summed E-state index contributed by atoms with van der Waals surface area (Å²) in [5.74, 6) is 2.80. The Kier molecular flexibility index (Phi) is 2.94. The number of ether oxygens (including phenoxy) is 3. The lowest BCUT2D eigenvalue weighted by Crippen LogP contribution is -2.38. The van der Waals surface area contributed by atoms with Crippen LogP contribution in [0.2, 0.25) is 0 Å². The highest BCUT2D eigenvalue weighted by Gasteiger charge is 2.56. The normalized spacial score (nSPS) is 43.9. The van der Waals surface area contributed by atoms with Crippen molar-refractivity contribution in [2.24, 2.45) is 17.8 Å². The lowest BCUT2D eigenvalue weighted by molar-refractivity contribution is -0.153. The van der Waals surface area contributed by atoms with Gasteiger partial charge in [-0.05, 0) is 43.9 Å². The van der Waals surface area contributed by atoms with E-state index in [4.69, 9.17) is 14.2 Å². The highest BCUT2D eigenvalue weighted by molar-refractivity contribution is 5.04. The largest absolute Gasteiger partial charge is 0.381 e. The third-order valence-electron chi connectivity index (χ3n) is 4.55. The van der Waals surface area contributed by atoms with Gasteiger partial charge in [0, 0.05) is 7.11 Å². The lowest BCUT2D eigenvalue weighted by atomic mass is 10.0. The number of fused-ring (bicyclic) bond motifs is 1. The second-order valence-electron chi connectivity index (χ2n) is 5.66. The molecule has 16 heavy (non-hydrogen) atoms. The molecule has 0 N–H and O–H groups in total. The summed E-state index contributed by atoms with van der Waals surface area (Å²) in [6, 6.07) is 0. The van der Waals surface area contributed by atoms with Crippen molar-refractivity contribution < 1.29 is 14.2 Å². The number of methoxy groups -OCH3 is 1. The van der Waals surface area contributed by atoms with Crippen LogP contribution in [0.1, 0.15) is 26.2 Å². The Hall–Kier alpha value is -0.120. The molecule has 0 aromatic heterocycles. The van der Waals surface area contributed by atoms with Crippen molar-refractivity contribution in [1.29, 1.82) is 0 Å². The molecule has 0 aromatic rings. The summed E-state index contributed by atoms with van der Waals surface area (Å²) in [6.45, 7) is 3.81. The molecule has 0 spiro atoms. The fourth-order valence-corrected chi connectivity index (χ4v) is 3.53. The van der Waals surface area contributed by atoms with Crippen LogP contribution in [0.15, 0.2) is 0 Å². The van der Waals surface area contributed by atoms with E-state index in [0.29, 0.717) is 18.3 Å².